The Hall–Kier alpha value is -2.34. The van der Waals surface area contributed by atoms with Crippen molar-refractivity contribution in [1.82, 2.24) is 9.80 Å². The zero-order chi connectivity index (χ0) is 27.3. The van der Waals surface area contributed by atoms with Crippen LogP contribution in [0.15, 0.2) is 48.0 Å². The largest absolute Gasteiger partial charge is 0.496 e. The molecule has 1 aliphatic carbocycles. The lowest BCUT2D eigenvalue weighted by molar-refractivity contribution is -0.00557. The van der Waals surface area contributed by atoms with Crippen LogP contribution in [0.1, 0.15) is 61.3 Å². The third kappa shape index (κ3) is 7.37. The average molecular weight is 509 g/mol. The Morgan fingerprint density at radius 1 is 0.838 bits per heavy atom. The quantitative estimate of drug-likeness (QED) is 0.405. The fourth-order valence-corrected chi connectivity index (χ4v) is 5.86. The first kappa shape index (κ1) is 29.2. The van der Waals surface area contributed by atoms with E-state index in [9.17, 15) is 5.11 Å². The molecular weight excluding hydrogens is 460 g/mol. The van der Waals surface area contributed by atoms with Crippen molar-refractivity contribution >= 4 is 0 Å². The topological polar surface area (TPSA) is 45.2 Å². The fraction of sp³-hybridized carbons (Fsp3) is 0.562. The standard InChI is InChI=1S/C32H48N2O3/c1-22-18-27(25-20-23(14-16-33(4)5)10-12-29(25)36-8)31(32(2,3)35)28(19-22)26-21-24(15-17-34(6)7)11-13-30(26)37-9/h10-13,18,20-21,27-28,31,35H,14-17,19H2,1-9H3/t27-,28?,31+/m0/s1. The number of benzene rings is 2. The first-order valence-electron chi connectivity index (χ1n) is 13.5. The maximum atomic E-state index is 11.7. The number of hydrogen-bond acceptors (Lipinski definition) is 5. The number of rotatable bonds is 11. The monoisotopic (exact) mass is 508 g/mol. The van der Waals surface area contributed by atoms with Crippen LogP contribution in [-0.2, 0) is 12.8 Å². The van der Waals surface area contributed by atoms with Crippen LogP contribution in [0.4, 0.5) is 0 Å². The van der Waals surface area contributed by atoms with Gasteiger partial charge in [-0.25, -0.2) is 0 Å². The summed E-state index contributed by atoms with van der Waals surface area (Å²) in [5.41, 5.74) is 5.34. The molecule has 0 aromatic heterocycles. The van der Waals surface area contributed by atoms with E-state index >= 15 is 0 Å². The van der Waals surface area contributed by atoms with Crippen LogP contribution in [0.5, 0.6) is 11.5 Å². The van der Waals surface area contributed by atoms with Gasteiger partial charge in [0.1, 0.15) is 11.5 Å². The van der Waals surface area contributed by atoms with Crippen molar-refractivity contribution in [1.29, 1.82) is 0 Å². The van der Waals surface area contributed by atoms with Gasteiger partial charge in [0.05, 0.1) is 19.8 Å². The van der Waals surface area contributed by atoms with Crippen molar-refractivity contribution in [2.45, 2.75) is 57.5 Å². The Morgan fingerprint density at radius 2 is 1.32 bits per heavy atom. The van der Waals surface area contributed by atoms with Crippen LogP contribution >= 0.6 is 0 Å². The number of ether oxygens (including phenoxy) is 2. The molecule has 204 valence electrons. The van der Waals surface area contributed by atoms with Crippen molar-refractivity contribution in [2.24, 2.45) is 5.92 Å². The zero-order valence-corrected chi connectivity index (χ0v) is 24.5. The lowest BCUT2D eigenvalue weighted by Crippen LogP contribution is -2.41. The molecule has 0 radical (unpaired) electrons. The maximum Gasteiger partial charge on any atom is 0.122 e. The van der Waals surface area contributed by atoms with E-state index in [1.165, 1.54) is 22.3 Å². The van der Waals surface area contributed by atoms with Crippen molar-refractivity contribution in [3.05, 3.63) is 70.3 Å². The molecule has 0 spiro atoms. The first-order chi connectivity index (χ1) is 17.4. The number of hydrogen-bond donors (Lipinski definition) is 1. The highest BCUT2D eigenvalue weighted by atomic mass is 16.5. The molecule has 0 fully saturated rings. The second-order valence-corrected chi connectivity index (χ2v) is 11.8. The summed E-state index contributed by atoms with van der Waals surface area (Å²) in [6.07, 6.45) is 5.19. The Labute approximate surface area is 225 Å². The van der Waals surface area contributed by atoms with Crippen molar-refractivity contribution in [3.63, 3.8) is 0 Å². The Kier molecular flexibility index (Phi) is 9.85. The molecule has 2 aromatic rings. The van der Waals surface area contributed by atoms with Gasteiger partial charge in [0.25, 0.3) is 0 Å². The molecule has 5 heteroatoms. The minimum Gasteiger partial charge on any atom is -0.496 e. The fourth-order valence-electron chi connectivity index (χ4n) is 5.86. The summed E-state index contributed by atoms with van der Waals surface area (Å²) in [5, 5.41) is 11.7. The van der Waals surface area contributed by atoms with Crippen molar-refractivity contribution < 1.29 is 14.6 Å². The van der Waals surface area contributed by atoms with Gasteiger partial charge in [-0.2, -0.15) is 0 Å². The second kappa shape index (κ2) is 12.5. The van der Waals surface area contributed by atoms with Crippen LogP contribution in [-0.4, -0.2) is 76.0 Å². The Bertz CT molecular complexity index is 1070. The van der Waals surface area contributed by atoms with Gasteiger partial charge in [0.15, 0.2) is 0 Å². The van der Waals surface area contributed by atoms with Crippen LogP contribution < -0.4 is 9.47 Å². The maximum absolute atomic E-state index is 11.7. The van der Waals surface area contributed by atoms with E-state index in [4.69, 9.17) is 9.47 Å². The molecule has 0 heterocycles. The second-order valence-electron chi connectivity index (χ2n) is 11.8. The van der Waals surface area contributed by atoms with Gasteiger partial charge in [-0.05, 0) is 103 Å². The van der Waals surface area contributed by atoms with Gasteiger partial charge in [-0.1, -0.05) is 35.9 Å². The minimum absolute atomic E-state index is 0.0168. The summed E-state index contributed by atoms with van der Waals surface area (Å²) in [5.74, 6) is 1.85. The van der Waals surface area contributed by atoms with Crippen LogP contribution in [0.2, 0.25) is 0 Å². The number of nitrogens with zero attached hydrogens (tertiary/aromatic N) is 2. The number of aliphatic hydroxyl groups is 1. The van der Waals surface area contributed by atoms with E-state index in [1.807, 2.05) is 13.8 Å². The summed E-state index contributed by atoms with van der Waals surface area (Å²) in [6.45, 7) is 8.10. The molecule has 2 aromatic carbocycles. The average Bonchev–Trinajstić information content (AvgIpc) is 2.84. The van der Waals surface area contributed by atoms with Crippen LogP contribution in [0, 0.1) is 5.92 Å². The summed E-state index contributed by atoms with van der Waals surface area (Å²) >= 11 is 0. The molecule has 0 saturated heterocycles. The molecule has 0 aliphatic heterocycles. The van der Waals surface area contributed by atoms with E-state index in [-0.39, 0.29) is 17.8 Å². The molecule has 3 rings (SSSR count). The molecule has 37 heavy (non-hydrogen) atoms. The predicted octanol–water partition coefficient (Wildman–Crippen LogP) is 5.52. The summed E-state index contributed by atoms with van der Waals surface area (Å²) in [4.78, 5) is 4.42. The summed E-state index contributed by atoms with van der Waals surface area (Å²) < 4.78 is 11.8. The third-order valence-corrected chi connectivity index (χ3v) is 7.68. The van der Waals surface area contributed by atoms with E-state index < -0.39 is 5.60 Å². The number of methoxy groups -OCH3 is 2. The van der Waals surface area contributed by atoms with Gasteiger partial charge in [0, 0.05) is 30.5 Å². The van der Waals surface area contributed by atoms with E-state index in [1.54, 1.807) is 14.2 Å². The lowest BCUT2D eigenvalue weighted by Gasteiger charge is -2.44. The number of likely N-dealkylation sites (N-methyl/N-ethyl adjacent to an activating group) is 2. The molecule has 1 N–H and O–H groups in total. The predicted molar refractivity (Wildman–Crippen MR) is 154 cm³/mol. The minimum atomic E-state index is -0.915. The molecule has 0 amide bonds. The highest BCUT2D eigenvalue weighted by molar-refractivity contribution is 5.48. The summed E-state index contributed by atoms with van der Waals surface area (Å²) in [7, 11) is 11.9. The molecule has 3 atom stereocenters. The van der Waals surface area contributed by atoms with E-state index in [0.717, 1.165) is 49.4 Å². The summed E-state index contributed by atoms with van der Waals surface area (Å²) in [6, 6.07) is 13.1. The van der Waals surface area contributed by atoms with Crippen molar-refractivity contribution in [2.75, 3.05) is 55.5 Å². The highest BCUT2D eigenvalue weighted by Crippen LogP contribution is 2.53. The van der Waals surface area contributed by atoms with Crippen LogP contribution in [0.25, 0.3) is 0 Å². The number of allylic oxidation sites excluding steroid dienone is 2. The van der Waals surface area contributed by atoms with Crippen molar-refractivity contribution in [3.8, 4) is 11.5 Å². The van der Waals surface area contributed by atoms with Gasteiger partial charge in [0.2, 0.25) is 0 Å². The van der Waals surface area contributed by atoms with E-state index in [2.05, 4.69) is 87.4 Å². The Morgan fingerprint density at radius 3 is 1.78 bits per heavy atom. The first-order valence-corrected chi connectivity index (χ1v) is 13.5. The molecular formula is C32H48N2O3. The molecule has 5 nitrogen and oxygen atoms in total. The lowest BCUT2D eigenvalue weighted by atomic mass is 9.62. The molecule has 0 bridgehead atoms. The SMILES string of the molecule is COc1ccc(CCN(C)C)cc1C1CC(C)=C[C@@H](c2cc(CCN(C)C)ccc2OC)[C@H]1C(C)(C)O. The normalized spacial score (nSPS) is 20.3. The Balaban J connectivity index is 2.13. The highest BCUT2D eigenvalue weighted by Gasteiger charge is 2.44. The zero-order valence-electron chi connectivity index (χ0n) is 24.5. The van der Waals surface area contributed by atoms with Gasteiger partial charge in [-0.15, -0.1) is 0 Å². The molecule has 1 unspecified atom stereocenters. The van der Waals surface area contributed by atoms with Gasteiger partial charge < -0.3 is 24.4 Å². The van der Waals surface area contributed by atoms with Gasteiger partial charge in [-0.3, -0.25) is 0 Å². The molecule has 0 saturated carbocycles. The van der Waals surface area contributed by atoms with E-state index in [0.29, 0.717) is 0 Å². The third-order valence-electron chi connectivity index (χ3n) is 7.68. The van der Waals surface area contributed by atoms with Gasteiger partial charge >= 0.3 is 0 Å². The van der Waals surface area contributed by atoms with Crippen LogP contribution in [0.3, 0.4) is 0 Å². The molecule has 1 aliphatic rings. The smallest absolute Gasteiger partial charge is 0.122 e.